The highest BCUT2D eigenvalue weighted by atomic mass is 16.2. The van der Waals surface area contributed by atoms with Crippen molar-refractivity contribution in [2.75, 3.05) is 11.4 Å². The molecular formula is C19H15N5O2. The van der Waals surface area contributed by atoms with Crippen molar-refractivity contribution in [2.45, 2.75) is 12.8 Å². The van der Waals surface area contributed by atoms with E-state index in [0.717, 1.165) is 17.7 Å². The summed E-state index contributed by atoms with van der Waals surface area (Å²) < 4.78 is 1.35. The van der Waals surface area contributed by atoms with Crippen LogP contribution in [0, 0.1) is 6.57 Å². The van der Waals surface area contributed by atoms with Gasteiger partial charge in [-0.3, -0.25) is 14.7 Å². The summed E-state index contributed by atoms with van der Waals surface area (Å²) >= 11 is 0. The third kappa shape index (κ3) is 2.67. The average Bonchev–Trinajstić information content (AvgIpc) is 3.28. The van der Waals surface area contributed by atoms with Crippen LogP contribution in [0.15, 0.2) is 53.6 Å². The Kier molecular flexibility index (Phi) is 3.86. The number of rotatable bonds is 3. The normalized spacial score (nSPS) is 13.8. The van der Waals surface area contributed by atoms with Gasteiger partial charge in [0, 0.05) is 19.2 Å². The van der Waals surface area contributed by atoms with Gasteiger partial charge in [-0.15, -0.1) is 0 Å². The highest BCUT2D eigenvalue weighted by Crippen LogP contribution is 2.22. The first-order chi connectivity index (χ1) is 12.7. The van der Waals surface area contributed by atoms with Crippen LogP contribution >= 0.6 is 0 Å². The number of pyridine rings is 1. The molecule has 0 atom stereocenters. The molecule has 2 aromatic heterocycles. The van der Waals surface area contributed by atoms with Gasteiger partial charge in [0.15, 0.2) is 11.5 Å². The van der Waals surface area contributed by atoms with Gasteiger partial charge in [-0.05, 0) is 24.1 Å². The minimum Gasteiger partial charge on any atom is -0.311 e. The SMILES string of the molecule is [C-]#[N+]c1ccc(-c2c[nH]n(-c3ccc(N4CCCC4=O)cn3)c2=O)cc1. The molecule has 0 aliphatic carbocycles. The number of nitrogens with zero attached hydrogens (tertiary/aromatic N) is 4. The molecule has 7 nitrogen and oxygen atoms in total. The molecule has 1 aliphatic heterocycles. The van der Waals surface area contributed by atoms with Gasteiger partial charge in [0.2, 0.25) is 5.91 Å². The van der Waals surface area contributed by atoms with Crippen LogP contribution in [0.5, 0.6) is 0 Å². The van der Waals surface area contributed by atoms with Gasteiger partial charge in [-0.1, -0.05) is 24.3 Å². The molecule has 3 heterocycles. The Hall–Kier alpha value is -3.66. The van der Waals surface area contributed by atoms with Crippen molar-refractivity contribution in [2.24, 2.45) is 0 Å². The molecule has 1 aromatic carbocycles. The van der Waals surface area contributed by atoms with Crippen LogP contribution in [0.25, 0.3) is 21.8 Å². The second kappa shape index (κ2) is 6.33. The number of H-pyrrole nitrogens is 1. The molecule has 1 N–H and O–H groups in total. The first kappa shape index (κ1) is 15.8. The molecular weight excluding hydrogens is 330 g/mol. The van der Waals surface area contributed by atoms with Gasteiger partial charge < -0.3 is 4.90 Å². The lowest BCUT2D eigenvalue weighted by Crippen LogP contribution is -2.24. The topological polar surface area (TPSA) is 75.3 Å². The number of aromatic nitrogens is 3. The molecule has 1 amide bonds. The summed E-state index contributed by atoms with van der Waals surface area (Å²) in [6.07, 6.45) is 4.64. The molecule has 0 bridgehead atoms. The van der Waals surface area contributed by atoms with E-state index in [1.165, 1.54) is 4.68 Å². The lowest BCUT2D eigenvalue weighted by Gasteiger charge is -2.15. The number of carbonyl (C=O) groups is 1. The van der Waals surface area contributed by atoms with Crippen LogP contribution in [0.4, 0.5) is 11.4 Å². The fraction of sp³-hybridized carbons (Fsp3) is 0.158. The molecule has 1 fully saturated rings. The minimum absolute atomic E-state index is 0.0988. The summed E-state index contributed by atoms with van der Waals surface area (Å²) in [7, 11) is 0. The number of aromatic amines is 1. The highest BCUT2D eigenvalue weighted by Gasteiger charge is 2.22. The summed E-state index contributed by atoms with van der Waals surface area (Å²) in [5.74, 6) is 0.552. The molecule has 1 aliphatic rings. The van der Waals surface area contributed by atoms with Crippen molar-refractivity contribution in [3.05, 3.63) is 70.6 Å². The zero-order chi connectivity index (χ0) is 18.1. The zero-order valence-electron chi connectivity index (χ0n) is 13.8. The van der Waals surface area contributed by atoms with Crippen LogP contribution in [0.3, 0.4) is 0 Å². The van der Waals surface area contributed by atoms with E-state index in [-0.39, 0.29) is 11.5 Å². The summed E-state index contributed by atoms with van der Waals surface area (Å²) in [4.78, 5) is 33.9. The number of anilines is 1. The van der Waals surface area contributed by atoms with E-state index < -0.39 is 0 Å². The van der Waals surface area contributed by atoms with E-state index in [1.54, 1.807) is 53.7 Å². The molecule has 0 radical (unpaired) electrons. The Balaban J connectivity index is 1.64. The van der Waals surface area contributed by atoms with Gasteiger partial charge in [0.05, 0.1) is 24.0 Å². The highest BCUT2D eigenvalue weighted by molar-refractivity contribution is 5.95. The van der Waals surface area contributed by atoms with Crippen molar-refractivity contribution in [3.63, 3.8) is 0 Å². The number of nitrogens with one attached hydrogen (secondary N) is 1. The smallest absolute Gasteiger partial charge is 0.280 e. The van der Waals surface area contributed by atoms with Crippen LogP contribution < -0.4 is 10.5 Å². The molecule has 0 unspecified atom stereocenters. The second-order valence-electron chi connectivity index (χ2n) is 6.01. The number of carbonyl (C=O) groups excluding carboxylic acids is 1. The van der Waals surface area contributed by atoms with Crippen LogP contribution in [0.1, 0.15) is 12.8 Å². The van der Waals surface area contributed by atoms with Crippen LogP contribution in [0.2, 0.25) is 0 Å². The fourth-order valence-corrected chi connectivity index (χ4v) is 3.05. The predicted molar refractivity (Wildman–Crippen MR) is 97.5 cm³/mol. The van der Waals surface area contributed by atoms with Crippen molar-refractivity contribution < 1.29 is 4.79 Å². The summed E-state index contributed by atoms with van der Waals surface area (Å²) in [5, 5.41) is 2.92. The number of benzene rings is 1. The molecule has 26 heavy (non-hydrogen) atoms. The van der Waals surface area contributed by atoms with E-state index >= 15 is 0 Å². The maximum absolute atomic E-state index is 12.7. The molecule has 1 saturated heterocycles. The second-order valence-corrected chi connectivity index (χ2v) is 6.01. The minimum atomic E-state index is -0.224. The van der Waals surface area contributed by atoms with Gasteiger partial charge in [-0.25, -0.2) is 14.5 Å². The van der Waals surface area contributed by atoms with Crippen molar-refractivity contribution in [1.29, 1.82) is 0 Å². The third-order valence-corrected chi connectivity index (χ3v) is 4.43. The summed E-state index contributed by atoms with van der Waals surface area (Å²) in [6, 6.07) is 10.4. The lowest BCUT2D eigenvalue weighted by molar-refractivity contribution is -0.117. The Morgan fingerprint density at radius 1 is 1.12 bits per heavy atom. The van der Waals surface area contributed by atoms with Crippen molar-refractivity contribution in [3.8, 4) is 16.9 Å². The number of hydrogen-bond donors (Lipinski definition) is 1. The van der Waals surface area contributed by atoms with Crippen LogP contribution in [-0.4, -0.2) is 27.2 Å². The quantitative estimate of drug-likeness (QED) is 0.742. The molecule has 4 rings (SSSR count). The fourth-order valence-electron chi connectivity index (χ4n) is 3.05. The molecule has 0 spiro atoms. The van der Waals surface area contributed by atoms with E-state index in [1.807, 2.05) is 0 Å². The zero-order valence-corrected chi connectivity index (χ0v) is 13.8. The monoisotopic (exact) mass is 345 g/mol. The van der Waals surface area contributed by atoms with Gasteiger partial charge in [0.25, 0.3) is 5.56 Å². The number of hydrogen-bond acceptors (Lipinski definition) is 3. The largest absolute Gasteiger partial charge is 0.311 e. The Morgan fingerprint density at radius 3 is 2.54 bits per heavy atom. The van der Waals surface area contributed by atoms with Crippen molar-refractivity contribution in [1.82, 2.24) is 14.8 Å². The average molecular weight is 345 g/mol. The van der Waals surface area contributed by atoms with E-state index in [2.05, 4.69) is 14.9 Å². The Bertz CT molecular complexity index is 1060. The number of amides is 1. The summed E-state index contributed by atoms with van der Waals surface area (Å²) in [5.41, 5.74) is 2.28. The van der Waals surface area contributed by atoms with E-state index in [4.69, 9.17) is 6.57 Å². The molecule has 0 saturated carbocycles. The maximum atomic E-state index is 12.7. The van der Waals surface area contributed by atoms with Gasteiger partial charge >= 0.3 is 0 Å². The van der Waals surface area contributed by atoms with E-state index in [0.29, 0.717) is 30.0 Å². The predicted octanol–water partition coefficient (Wildman–Crippen LogP) is 2.91. The third-order valence-electron chi connectivity index (χ3n) is 4.43. The lowest BCUT2D eigenvalue weighted by atomic mass is 10.1. The van der Waals surface area contributed by atoms with E-state index in [9.17, 15) is 9.59 Å². The Labute approximate surface area is 149 Å². The standard InChI is InChI=1S/C19H15N5O2/c1-20-14-6-4-13(5-7-14)16-12-22-24(19(16)26)17-9-8-15(11-21-17)23-10-2-3-18(23)25/h4-9,11-12,22H,2-3,10H2. The first-order valence-corrected chi connectivity index (χ1v) is 8.22. The molecule has 3 aromatic rings. The van der Waals surface area contributed by atoms with Gasteiger partial charge in [0.1, 0.15) is 0 Å². The molecule has 128 valence electrons. The maximum Gasteiger partial charge on any atom is 0.280 e. The van der Waals surface area contributed by atoms with Crippen molar-refractivity contribution >= 4 is 17.3 Å². The Morgan fingerprint density at radius 2 is 1.92 bits per heavy atom. The first-order valence-electron chi connectivity index (χ1n) is 8.22. The molecule has 7 heteroatoms. The van der Waals surface area contributed by atoms with Gasteiger partial charge in [-0.2, -0.15) is 0 Å². The van der Waals surface area contributed by atoms with Crippen LogP contribution in [-0.2, 0) is 4.79 Å². The summed E-state index contributed by atoms with van der Waals surface area (Å²) in [6.45, 7) is 7.69.